The highest BCUT2D eigenvalue weighted by atomic mass is 35.5. The maximum absolute atomic E-state index is 13.0. The Labute approximate surface area is 182 Å². The molecule has 1 unspecified atom stereocenters. The van der Waals surface area contributed by atoms with E-state index in [1.54, 1.807) is 18.2 Å². The minimum atomic E-state index is -4.43. The number of aromatic hydroxyl groups is 1. The van der Waals surface area contributed by atoms with Crippen LogP contribution in [0.15, 0.2) is 72.9 Å². The SMILES string of the molecule is Cc1cc(NC(c2ccc(C(F)(F)F)cc2)c2ccc3ccccc3c2O)ncc1Cl. The molecule has 0 amide bonds. The quantitative estimate of drug-likeness (QED) is 0.353. The molecule has 1 aromatic heterocycles. The molecule has 7 heteroatoms. The van der Waals surface area contributed by atoms with Crippen LogP contribution < -0.4 is 5.32 Å². The average Bonchev–Trinajstić information content (AvgIpc) is 2.75. The monoisotopic (exact) mass is 442 g/mol. The van der Waals surface area contributed by atoms with Gasteiger partial charge in [-0.3, -0.25) is 0 Å². The van der Waals surface area contributed by atoms with Gasteiger partial charge in [-0.2, -0.15) is 13.2 Å². The van der Waals surface area contributed by atoms with Crippen molar-refractivity contribution in [1.82, 2.24) is 4.98 Å². The molecule has 4 aromatic rings. The lowest BCUT2D eigenvalue weighted by atomic mass is 9.94. The van der Waals surface area contributed by atoms with Crippen molar-refractivity contribution in [2.45, 2.75) is 19.1 Å². The van der Waals surface area contributed by atoms with Crippen LogP contribution in [0.1, 0.15) is 28.3 Å². The van der Waals surface area contributed by atoms with Gasteiger partial charge < -0.3 is 10.4 Å². The lowest BCUT2D eigenvalue weighted by Crippen LogP contribution is -2.14. The summed E-state index contributed by atoms with van der Waals surface area (Å²) in [6, 6.07) is 17.0. The summed E-state index contributed by atoms with van der Waals surface area (Å²) in [5.74, 6) is 0.542. The molecule has 0 aliphatic heterocycles. The summed E-state index contributed by atoms with van der Waals surface area (Å²) in [5, 5.41) is 16.2. The fourth-order valence-electron chi connectivity index (χ4n) is 3.48. The predicted octanol–water partition coefficient (Wildman–Crippen LogP) is 7.12. The maximum Gasteiger partial charge on any atom is 0.416 e. The van der Waals surface area contributed by atoms with Crippen molar-refractivity contribution in [3.63, 3.8) is 0 Å². The topological polar surface area (TPSA) is 45.1 Å². The lowest BCUT2D eigenvalue weighted by Gasteiger charge is -2.23. The van der Waals surface area contributed by atoms with Crippen LogP contribution in [-0.4, -0.2) is 10.1 Å². The molecule has 1 atom stereocenters. The number of rotatable bonds is 4. The number of halogens is 4. The molecule has 0 radical (unpaired) electrons. The molecule has 158 valence electrons. The molecule has 0 saturated carbocycles. The zero-order chi connectivity index (χ0) is 22.2. The Morgan fingerprint density at radius 1 is 1.00 bits per heavy atom. The highest BCUT2D eigenvalue weighted by molar-refractivity contribution is 6.31. The van der Waals surface area contributed by atoms with E-state index in [1.165, 1.54) is 18.3 Å². The number of hydrogen-bond acceptors (Lipinski definition) is 3. The number of pyridine rings is 1. The molecule has 1 heterocycles. The third kappa shape index (κ3) is 4.30. The highest BCUT2D eigenvalue weighted by Crippen LogP contribution is 2.38. The number of aryl methyl sites for hydroxylation is 1. The van der Waals surface area contributed by atoms with E-state index in [4.69, 9.17) is 11.6 Å². The number of hydrogen-bond donors (Lipinski definition) is 2. The predicted molar refractivity (Wildman–Crippen MR) is 117 cm³/mol. The number of phenols is 1. The Hall–Kier alpha value is -3.25. The van der Waals surface area contributed by atoms with Gasteiger partial charge in [0.2, 0.25) is 0 Å². The molecular formula is C24H18ClF3N2O. The molecule has 0 saturated heterocycles. The lowest BCUT2D eigenvalue weighted by molar-refractivity contribution is -0.137. The Kier molecular flexibility index (Phi) is 5.50. The third-order valence-electron chi connectivity index (χ3n) is 5.15. The molecule has 3 aromatic carbocycles. The van der Waals surface area contributed by atoms with Crippen LogP contribution >= 0.6 is 11.6 Å². The molecule has 3 nitrogen and oxygen atoms in total. The van der Waals surface area contributed by atoms with E-state index in [1.807, 2.05) is 31.2 Å². The number of nitrogens with one attached hydrogen (secondary N) is 1. The van der Waals surface area contributed by atoms with Crippen LogP contribution in [0.4, 0.5) is 19.0 Å². The van der Waals surface area contributed by atoms with Gasteiger partial charge in [0.15, 0.2) is 0 Å². The van der Waals surface area contributed by atoms with Gasteiger partial charge in [-0.05, 0) is 41.6 Å². The van der Waals surface area contributed by atoms with Crippen molar-refractivity contribution in [1.29, 1.82) is 0 Å². The molecule has 0 aliphatic carbocycles. The van der Waals surface area contributed by atoms with Gasteiger partial charge in [0.25, 0.3) is 0 Å². The van der Waals surface area contributed by atoms with Crippen LogP contribution in [0.2, 0.25) is 5.02 Å². The number of nitrogens with zero attached hydrogens (tertiary/aromatic N) is 1. The number of fused-ring (bicyclic) bond motifs is 1. The standard InChI is InChI=1S/C24H18ClF3N2O/c1-14-12-21(29-13-20(14)25)30-22(16-6-9-17(10-7-16)24(26,27)28)19-11-8-15-4-2-3-5-18(15)23(19)31/h2-13,22,31H,1H3,(H,29,30). The van der Waals surface area contributed by atoms with Gasteiger partial charge >= 0.3 is 6.18 Å². The second-order valence-electron chi connectivity index (χ2n) is 7.24. The summed E-state index contributed by atoms with van der Waals surface area (Å²) in [4.78, 5) is 4.27. The first-order chi connectivity index (χ1) is 14.7. The average molecular weight is 443 g/mol. The van der Waals surface area contributed by atoms with Gasteiger partial charge in [-0.1, -0.05) is 60.1 Å². The molecule has 0 aliphatic rings. The molecule has 0 bridgehead atoms. The summed E-state index contributed by atoms with van der Waals surface area (Å²) >= 11 is 6.07. The minimum absolute atomic E-state index is 0.0567. The Morgan fingerprint density at radius 2 is 1.71 bits per heavy atom. The van der Waals surface area contributed by atoms with Crippen LogP contribution in [0.3, 0.4) is 0 Å². The first-order valence-corrected chi connectivity index (χ1v) is 9.88. The largest absolute Gasteiger partial charge is 0.507 e. The number of benzene rings is 3. The van der Waals surface area contributed by atoms with Crippen molar-refractivity contribution >= 4 is 28.2 Å². The number of phenolic OH excluding ortho intramolecular Hbond substituents is 1. The number of alkyl halides is 3. The summed E-state index contributed by atoms with van der Waals surface area (Å²) in [7, 11) is 0. The first-order valence-electron chi connectivity index (χ1n) is 9.50. The van der Waals surface area contributed by atoms with Gasteiger partial charge in [-0.25, -0.2) is 4.98 Å². The molecule has 31 heavy (non-hydrogen) atoms. The van der Waals surface area contributed by atoms with Crippen molar-refractivity contribution in [2.24, 2.45) is 0 Å². The zero-order valence-electron chi connectivity index (χ0n) is 16.4. The van der Waals surface area contributed by atoms with E-state index in [-0.39, 0.29) is 5.75 Å². The third-order valence-corrected chi connectivity index (χ3v) is 5.55. The van der Waals surface area contributed by atoms with Crippen molar-refractivity contribution in [3.05, 3.63) is 100 Å². The van der Waals surface area contributed by atoms with E-state index < -0.39 is 17.8 Å². The second-order valence-corrected chi connectivity index (χ2v) is 7.65. The smallest absolute Gasteiger partial charge is 0.416 e. The Morgan fingerprint density at radius 3 is 2.39 bits per heavy atom. The van der Waals surface area contributed by atoms with Crippen molar-refractivity contribution < 1.29 is 18.3 Å². The normalized spacial score (nSPS) is 12.7. The molecule has 4 rings (SSSR count). The van der Waals surface area contributed by atoms with Crippen LogP contribution in [0, 0.1) is 6.92 Å². The van der Waals surface area contributed by atoms with E-state index >= 15 is 0 Å². The summed E-state index contributed by atoms with van der Waals surface area (Å²) in [6.45, 7) is 1.83. The first kappa shape index (κ1) is 21.0. The Bertz CT molecular complexity index is 1240. The van der Waals surface area contributed by atoms with Gasteiger partial charge in [0, 0.05) is 17.1 Å². The maximum atomic E-state index is 13.0. The number of anilines is 1. The second kappa shape index (κ2) is 8.12. The Balaban J connectivity index is 1.83. The van der Waals surface area contributed by atoms with E-state index in [2.05, 4.69) is 10.3 Å². The van der Waals surface area contributed by atoms with E-state index in [9.17, 15) is 18.3 Å². The van der Waals surface area contributed by atoms with E-state index in [0.29, 0.717) is 27.4 Å². The summed E-state index contributed by atoms with van der Waals surface area (Å²) < 4.78 is 39.1. The van der Waals surface area contributed by atoms with Crippen molar-refractivity contribution in [3.8, 4) is 5.75 Å². The molecular weight excluding hydrogens is 425 g/mol. The molecule has 0 fully saturated rings. The van der Waals surface area contributed by atoms with Crippen LogP contribution in [0.5, 0.6) is 5.75 Å². The fourth-order valence-corrected chi connectivity index (χ4v) is 3.58. The van der Waals surface area contributed by atoms with Crippen molar-refractivity contribution in [2.75, 3.05) is 5.32 Å². The molecule has 0 spiro atoms. The fraction of sp³-hybridized carbons (Fsp3) is 0.125. The van der Waals surface area contributed by atoms with Crippen LogP contribution in [0.25, 0.3) is 10.8 Å². The highest BCUT2D eigenvalue weighted by Gasteiger charge is 2.30. The van der Waals surface area contributed by atoms with Gasteiger partial charge in [0.1, 0.15) is 11.6 Å². The van der Waals surface area contributed by atoms with Gasteiger partial charge in [-0.15, -0.1) is 0 Å². The zero-order valence-corrected chi connectivity index (χ0v) is 17.2. The minimum Gasteiger partial charge on any atom is -0.507 e. The van der Waals surface area contributed by atoms with Gasteiger partial charge in [0.05, 0.1) is 16.6 Å². The van der Waals surface area contributed by atoms with Crippen LogP contribution in [-0.2, 0) is 6.18 Å². The summed E-state index contributed by atoms with van der Waals surface area (Å²) in [5.41, 5.74) is 1.13. The molecule has 2 N–H and O–H groups in total. The summed E-state index contributed by atoms with van der Waals surface area (Å²) in [6.07, 6.45) is -2.93. The van der Waals surface area contributed by atoms with E-state index in [0.717, 1.165) is 23.1 Å². The number of aromatic nitrogens is 1.